The van der Waals surface area contributed by atoms with E-state index in [-0.39, 0.29) is 24.3 Å². The van der Waals surface area contributed by atoms with Gasteiger partial charge in [0.2, 0.25) is 5.91 Å². The number of hydrogen-bond donors (Lipinski definition) is 3. The molecule has 1 rings (SSSR count). The third-order valence-electron chi connectivity index (χ3n) is 3.48. The van der Waals surface area contributed by atoms with E-state index in [0.29, 0.717) is 18.9 Å². The molecule has 3 unspecified atom stereocenters. The zero-order chi connectivity index (χ0) is 12.8. The van der Waals surface area contributed by atoms with Gasteiger partial charge in [0.25, 0.3) is 0 Å². The van der Waals surface area contributed by atoms with E-state index in [0.717, 1.165) is 19.3 Å². The molecule has 1 amide bonds. The van der Waals surface area contributed by atoms with Gasteiger partial charge in [-0.25, -0.2) is 0 Å². The Kier molecular flexibility index (Phi) is 5.41. The monoisotopic (exact) mass is 242 g/mol. The van der Waals surface area contributed by atoms with Crippen LogP contribution in [0.4, 0.5) is 0 Å². The van der Waals surface area contributed by atoms with Crippen molar-refractivity contribution in [2.75, 3.05) is 6.54 Å². The Morgan fingerprint density at radius 1 is 1.47 bits per heavy atom. The molecule has 0 bridgehead atoms. The summed E-state index contributed by atoms with van der Waals surface area (Å²) in [6.07, 6.45) is 3.55. The van der Waals surface area contributed by atoms with Crippen LogP contribution in [0.5, 0.6) is 0 Å². The van der Waals surface area contributed by atoms with Gasteiger partial charge in [-0.1, -0.05) is 6.42 Å². The van der Waals surface area contributed by atoms with E-state index in [1.165, 1.54) is 0 Å². The Hall–Kier alpha value is -1.10. The molecule has 0 aromatic carbocycles. The summed E-state index contributed by atoms with van der Waals surface area (Å²) in [6.45, 7) is 2.40. The number of nitrogens with two attached hydrogens (primary N) is 1. The average molecular weight is 242 g/mol. The Morgan fingerprint density at radius 3 is 2.76 bits per heavy atom. The van der Waals surface area contributed by atoms with Crippen molar-refractivity contribution < 1.29 is 14.7 Å². The van der Waals surface area contributed by atoms with Crippen molar-refractivity contribution >= 4 is 11.9 Å². The summed E-state index contributed by atoms with van der Waals surface area (Å²) in [6, 6.07) is -0.0855. The minimum Gasteiger partial charge on any atom is -0.481 e. The highest BCUT2D eigenvalue weighted by Gasteiger charge is 2.32. The number of hydrogen-bond acceptors (Lipinski definition) is 3. The first-order valence-corrected chi connectivity index (χ1v) is 6.26. The van der Waals surface area contributed by atoms with Crippen molar-refractivity contribution in [3.63, 3.8) is 0 Å². The first-order chi connectivity index (χ1) is 8.04. The first kappa shape index (κ1) is 14.0. The second-order valence-corrected chi connectivity index (χ2v) is 4.88. The topological polar surface area (TPSA) is 92.4 Å². The van der Waals surface area contributed by atoms with Crippen LogP contribution in [-0.2, 0) is 9.59 Å². The molecule has 1 aliphatic rings. The fourth-order valence-corrected chi connectivity index (χ4v) is 2.43. The molecule has 1 fully saturated rings. The van der Waals surface area contributed by atoms with Gasteiger partial charge in [-0.3, -0.25) is 9.59 Å². The summed E-state index contributed by atoms with van der Waals surface area (Å²) in [4.78, 5) is 22.4. The molecule has 17 heavy (non-hydrogen) atoms. The number of carbonyl (C=O) groups excluding carboxylic acids is 1. The number of carboxylic acids is 1. The van der Waals surface area contributed by atoms with E-state index in [1.807, 2.05) is 6.92 Å². The lowest BCUT2D eigenvalue weighted by Crippen LogP contribution is -2.40. The maximum atomic E-state index is 12.0. The Bertz CT molecular complexity index is 281. The summed E-state index contributed by atoms with van der Waals surface area (Å²) in [5.41, 5.74) is 5.63. The normalized spacial score (nSPS) is 25.5. The lowest BCUT2D eigenvalue weighted by molar-refractivity contribution is -0.137. The maximum Gasteiger partial charge on any atom is 0.303 e. The Balaban J connectivity index is 2.35. The molecule has 98 valence electrons. The standard InChI is InChI=1S/C12H22N2O3/c1-8(5-6-11(15)16)14-12(17)10-4-2-3-9(10)7-13/h8-10H,2-7,13H2,1H3,(H,14,17)(H,15,16). The lowest BCUT2D eigenvalue weighted by Gasteiger charge is -2.20. The molecule has 1 aliphatic carbocycles. The van der Waals surface area contributed by atoms with Crippen molar-refractivity contribution in [1.29, 1.82) is 0 Å². The van der Waals surface area contributed by atoms with Gasteiger partial charge in [-0.2, -0.15) is 0 Å². The number of aliphatic carboxylic acids is 1. The summed E-state index contributed by atoms with van der Waals surface area (Å²) in [7, 11) is 0. The predicted octanol–water partition coefficient (Wildman–Crippen LogP) is 0.731. The van der Waals surface area contributed by atoms with E-state index >= 15 is 0 Å². The van der Waals surface area contributed by atoms with Crippen molar-refractivity contribution in [3.05, 3.63) is 0 Å². The summed E-state index contributed by atoms with van der Waals surface area (Å²) < 4.78 is 0. The van der Waals surface area contributed by atoms with Gasteiger partial charge in [-0.15, -0.1) is 0 Å². The molecule has 5 heteroatoms. The smallest absolute Gasteiger partial charge is 0.303 e. The van der Waals surface area contributed by atoms with Crippen molar-refractivity contribution in [2.24, 2.45) is 17.6 Å². The van der Waals surface area contributed by atoms with E-state index in [9.17, 15) is 9.59 Å². The van der Waals surface area contributed by atoms with Gasteiger partial charge < -0.3 is 16.2 Å². The van der Waals surface area contributed by atoms with E-state index in [2.05, 4.69) is 5.32 Å². The minimum atomic E-state index is -0.827. The Labute approximate surface area is 102 Å². The quantitative estimate of drug-likeness (QED) is 0.640. The molecule has 0 heterocycles. The van der Waals surface area contributed by atoms with Gasteiger partial charge >= 0.3 is 5.97 Å². The molecular weight excluding hydrogens is 220 g/mol. The molecule has 1 saturated carbocycles. The van der Waals surface area contributed by atoms with Gasteiger partial charge in [0.15, 0.2) is 0 Å². The highest BCUT2D eigenvalue weighted by Crippen LogP contribution is 2.31. The molecular formula is C12H22N2O3. The van der Waals surface area contributed by atoms with Crippen LogP contribution < -0.4 is 11.1 Å². The Morgan fingerprint density at radius 2 is 2.18 bits per heavy atom. The van der Waals surface area contributed by atoms with E-state index in [4.69, 9.17) is 10.8 Å². The van der Waals surface area contributed by atoms with Crippen LogP contribution in [0.2, 0.25) is 0 Å². The lowest BCUT2D eigenvalue weighted by atomic mass is 9.95. The first-order valence-electron chi connectivity index (χ1n) is 6.26. The number of carboxylic acid groups (broad SMARTS) is 1. The fourth-order valence-electron chi connectivity index (χ4n) is 2.43. The highest BCUT2D eigenvalue weighted by atomic mass is 16.4. The minimum absolute atomic E-state index is 0.0206. The third-order valence-corrected chi connectivity index (χ3v) is 3.48. The second kappa shape index (κ2) is 6.59. The summed E-state index contributed by atoms with van der Waals surface area (Å²) in [5, 5.41) is 11.4. The van der Waals surface area contributed by atoms with Crippen LogP contribution in [0.3, 0.4) is 0 Å². The second-order valence-electron chi connectivity index (χ2n) is 4.88. The number of nitrogens with one attached hydrogen (secondary N) is 1. The molecule has 0 radical (unpaired) electrons. The molecule has 5 nitrogen and oxygen atoms in total. The SMILES string of the molecule is CC(CCC(=O)O)NC(=O)C1CCCC1CN. The molecule has 4 N–H and O–H groups in total. The number of carbonyl (C=O) groups is 2. The van der Waals surface area contributed by atoms with Crippen molar-refractivity contribution in [1.82, 2.24) is 5.32 Å². The van der Waals surface area contributed by atoms with Crippen LogP contribution in [0.1, 0.15) is 39.0 Å². The van der Waals surface area contributed by atoms with Crippen LogP contribution in [0.25, 0.3) is 0 Å². The molecule has 0 aromatic rings. The number of amides is 1. The molecule has 0 saturated heterocycles. The van der Waals surface area contributed by atoms with E-state index < -0.39 is 5.97 Å². The zero-order valence-corrected chi connectivity index (χ0v) is 10.3. The van der Waals surface area contributed by atoms with Crippen molar-refractivity contribution in [2.45, 2.75) is 45.1 Å². The van der Waals surface area contributed by atoms with Crippen LogP contribution in [0.15, 0.2) is 0 Å². The summed E-state index contributed by atoms with van der Waals surface area (Å²) >= 11 is 0. The third kappa shape index (κ3) is 4.34. The van der Waals surface area contributed by atoms with E-state index in [1.54, 1.807) is 0 Å². The number of rotatable bonds is 6. The molecule has 3 atom stereocenters. The van der Waals surface area contributed by atoms with Crippen LogP contribution in [0, 0.1) is 11.8 Å². The maximum absolute atomic E-state index is 12.0. The molecule has 0 aliphatic heterocycles. The molecule has 0 spiro atoms. The zero-order valence-electron chi connectivity index (χ0n) is 10.3. The van der Waals surface area contributed by atoms with Crippen molar-refractivity contribution in [3.8, 4) is 0 Å². The predicted molar refractivity (Wildman–Crippen MR) is 64.4 cm³/mol. The van der Waals surface area contributed by atoms with Gasteiger partial charge in [0.1, 0.15) is 0 Å². The average Bonchev–Trinajstić information content (AvgIpc) is 2.74. The fraction of sp³-hybridized carbons (Fsp3) is 0.833. The molecule has 0 aromatic heterocycles. The van der Waals surface area contributed by atoms with Crippen LogP contribution in [-0.4, -0.2) is 29.6 Å². The highest BCUT2D eigenvalue weighted by molar-refractivity contribution is 5.79. The summed E-state index contributed by atoms with van der Waals surface area (Å²) in [5.74, 6) is -0.475. The van der Waals surface area contributed by atoms with Gasteiger partial charge in [0.05, 0.1) is 0 Å². The van der Waals surface area contributed by atoms with Crippen LogP contribution >= 0.6 is 0 Å². The van der Waals surface area contributed by atoms with Gasteiger partial charge in [0, 0.05) is 18.4 Å². The largest absolute Gasteiger partial charge is 0.481 e. The van der Waals surface area contributed by atoms with Gasteiger partial charge in [-0.05, 0) is 38.6 Å².